The van der Waals surface area contributed by atoms with Gasteiger partial charge in [-0.05, 0) is 20.4 Å². The van der Waals surface area contributed by atoms with Gasteiger partial charge in [0.05, 0.1) is 5.69 Å². The van der Waals surface area contributed by atoms with E-state index in [-0.39, 0.29) is 6.04 Å². The van der Waals surface area contributed by atoms with Gasteiger partial charge in [0.1, 0.15) is 0 Å². The van der Waals surface area contributed by atoms with Crippen LogP contribution in [0, 0.1) is 0 Å². The van der Waals surface area contributed by atoms with E-state index in [4.69, 9.17) is 5.73 Å². The van der Waals surface area contributed by atoms with Crippen LogP contribution in [0.4, 0.5) is 5.13 Å². The highest BCUT2D eigenvalue weighted by atomic mass is 32.1. The number of aromatic nitrogens is 1. The van der Waals surface area contributed by atoms with Gasteiger partial charge in [0.25, 0.3) is 0 Å². The molecule has 0 saturated carbocycles. The van der Waals surface area contributed by atoms with E-state index in [1.807, 2.05) is 6.92 Å². The van der Waals surface area contributed by atoms with Crippen molar-refractivity contribution < 1.29 is 0 Å². The minimum atomic E-state index is 0.0364. The van der Waals surface area contributed by atoms with E-state index in [9.17, 15) is 0 Å². The van der Waals surface area contributed by atoms with E-state index >= 15 is 0 Å². The summed E-state index contributed by atoms with van der Waals surface area (Å²) >= 11 is 1.71. The fourth-order valence-electron chi connectivity index (χ4n) is 2.27. The molecule has 1 aromatic heterocycles. The molecular weight excluding hydrogens is 232 g/mol. The van der Waals surface area contributed by atoms with Gasteiger partial charge in [-0.2, -0.15) is 0 Å². The Balaban J connectivity index is 2.03. The van der Waals surface area contributed by atoms with Crippen molar-refractivity contribution in [1.29, 1.82) is 0 Å². The van der Waals surface area contributed by atoms with Crippen molar-refractivity contribution in [3.05, 3.63) is 11.1 Å². The first-order valence-corrected chi connectivity index (χ1v) is 7.19. The first-order valence-electron chi connectivity index (χ1n) is 6.31. The van der Waals surface area contributed by atoms with E-state index in [1.165, 1.54) is 0 Å². The Morgan fingerprint density at radius 2 is 2.35 bits per heavy atom. The van der Waals surface area contributed by atoms with Crippen LogP contribution < -0.4 is 10.6 Å². The summed E-state index contributed by atoms with van der Waals surface area (Å²) < 4.78 is 0. The zero-order valence-corrected chi connectivity index (χ0v) is 11.7. The average molecular weight is 254 g/mol. The van der Waals surface area contributed by atoms with Gasteiger partial charge in [0, 0.05) is 37.1 Å². The van der Waals surface area contributed by atoms with Crippen LogP contribution in [0.25, 0.3) is 0 Å². The third kappa shape index (κ3) is 2.78. The maximum absolute atomic E-state index is 5.84. The van der Waals surface area contributed by atoms with Gasteiger partial charge < -0.3 is 10.6 Å². The number of anilines is 1. The Kier molecular flexibility index (Phi) is 4.01. The normalized spacial score (nSPS) is 24.0. The van der Waals surface area contributed by atoms with Gasteiger partial charge in [-0.3, -0.25) is 4.90 Å². The number of nitrogens with two attached hydrogens (primary N) is 1. The van der Waals surface area contributed by atoms with Crippen LogP contribution in [-0.2, 0) is 0 Å². The van der Waals surface area contributed by atoms with Gasteiger partial charge in [-0.1, -0.05) is 6.92 Å². The van der Waals surface area contributed by atoms with E-state index in [1.54, 1.807) is 11.3 Å². The zero-order chi connectivity index (χ0) is 12.4. The van der Waals surface area contributed by atoms with Crippen molar-refractivity contribution in [3.8, 4) is 0 Å². The largest absolute Gasteiger partial charge is 0.345 e. The highest BCUT2D eigenvalue weighted by Crippen LogP contribution is 2.25. The van der Waals surface area contributed by atoms with E-state index < -0.39 is 0 Å². The maximum Gasteiger partial charge on any atom is 0.185 e. The number of likely N-dealkylation sites (N-methyl/N-ethyl adjacent to an activating group) is 1. The van der Waals surface area contributed by atoms with Gasteiger partial charge in [0.15, 0.2) is 5.13 Å². The molecule has 96 valence electrons. The Bertz CT molecular complexity index is 363. The molecule has 2 heterocycles. The number of hydrogen-bond donors (Lipinski definition) is 1. The molecule has 0 bridgehead atoms. The summed E-state index contributed by atoms with van der Waals surface area (Å²) in [6, 6.07) is 0.644. The molecule has 17 heavy (non-hydrogen) atoms. The lowest BCUT2D eigenvalue weighted by Gasteiger charge is -2.39. The third-order valence-electron chi connectivity index (χ3n) is 3.42. The molecule has 1 aliphatic rings. The summed E-state index contributed by atoms with van der Waals surface area (Å²) in [5, 5.41) is 3.21. The Labute approximate surface area is 107 Å². The lowest BCUT2D eigenvalue weighted by atomic mass is 10.2. The molecule has 0 aliphatic carbocycles. The Morgan fingerprint density at radius 3 is 2.88 bits per heavy atom. The van der Waals surface area contributed by atoms with Gasteiger partial charge >= 0.3 is 0 Å². The summed E-state index contributed by atoms with van der Waals surface area (Å²) in [7, 11) is 0. The predicted octanol–water partition coefficient (Wildman–Crippen LogP) is 1.69. The van der Waals surface area contributed by atoms with Crippen LogP contribution in [0.5, 0.6) is 0 Å². The smallest absolute Gasteiger partial charge is 0.185 e. The van der Waals surface area contributed by atoms with Gasteiger partial charge in [-0.25, -0.2) is 4.98 Å². The molecule has 2 rings (SSSR count). The minimum absolute atomic E-state index is 0.0364. The fraction of sp³-hybridized carbons (Fsp3) is 0.750. The SMILES string of the molecule is CCN1CCN(c2nc(C(C)N)cs2)CC1C. The second-order valence-electron chi connectivity index (χ2n) is 4.77. The highest BCUT2D eigenvalue weighted by Gasteiger charge is 2.24. The second kappa shape index (κ2) is 5.33. The molecule has 1 fully saturated rings. The lowest BCUT2D eigenvalue weighted by Crippen LogP contribution is -2.51. The standard InChI is InChI=1S/C12H22N4S/c1-4-15-5-6-16(7-9(15)2)12-14-11(8-17-12)10(3)13/h8-10H,4-7,13H2,1-3H3. The van der Waals surface area contributed by atoms with Crippen molar-refractivity contribution >= 4 is 16.5 Å². The maximum atomic E-state index is 5.84. The predicted molar refractivity (Wildman–Crippen MR) is 73.6 cm³/mol. The summed E-state index contributed by atoms with van der Waals surface area (Å²) in [6.45, 7) is 10.9. The molecule has 1 aliphatic heterocycles. The number of piperazine rings is 1. The van der Waals surface area contributed by atoms with Crippen molar-refractivity contribution in [2.75, 3.05) is 31.1 Å². The third-order valence-corrected chi connectivity index (χ3v) is 4.34. The molecule has 0 amide bonds. The summed E-state index contributed by atoms with van der Waals surface area (Å²) in [6.07, 6.45) is 0. The number of rotatable bonds is 3. The average Bonchev–Trinajstić information content (AvgIpc) is 2.78. The molecule has 0 radical (unpaired) electrons. The van der Waals surface area contributed by atoms with E-state index in [0.717, 1.165) is 37.0 Å². The van der Waals surface area contributed by atoms with Crippen molar-refractivity contribution in [2.24, 2.45) is 5.73 Å². The molecule has 2 atom stereocenters. The highest BCUT2D eigenvalue weighted by molar-refractivity contribution is 7.13. The Hall–Kier alpha value is -0.650. The monoisotopic (exact) mass is 254 g/mol. The zero-order valence-electron chi connectivity index (χ0n) is 10.9. The van der Waals surface area contributed by atoms with Crippen LogP contribution in [0.2, 0.25) is 0 Å². The number of thiazole rings is 1. The molecule has 2 unspecified atom stereocenters. The van der Waals surface area contributed by atoms with Crippen LogP contribution in [-0.4, -0.2) is 42.1 Å². The first-order chi connectivity index (χ1) is 8.11. The van der Waals surface area contributed by atoms with Crippen LogP contribution in [0.3, 0.4) is 0 Å². The quantitative estimate of drug-likeness (QED) is 0.891. The lowest BCUT2D eigenvalue weighted by molar-refractivity contribution is 0.199. The molecule has 0 aromatic carbocycles. The van der Waals surface area contributed by atoms with Crippen molar-refractivity contribution in [2.45, 2.75) is 32.9 Å². The molecular formula is C12H22N4S. The first kappa shape index (κ1) is 12.8. The second-order valence-corrected chi connectivity index (χ2v) is 5.60. The topological polar surface area (TPSA) is 45.4 Å². The molecule has 0 spiro atoms. The summed E-state index contributed by atoms with van der Waals surface area (Å²) in [4.78, 5) is 9.51. The molecule has 1 aromatic rings. The minimum Gasteiger partial charge on any atom is -0.345 e. The van der Waals surface area contributed by atoms with Crippen LogP contribution in [0.15, 0.2) is 5.38 Å². The van der Waals surface area contributed by atoms with Crippen LogP contribution in [0.1, 0.15) is 32.5 Å². The molecule has 1 saturated heterocycles. The summed E-state index contributed by atoms with van der Waals surface area (Å²) in [5.74, 6) is 0. The van der Waals surface area contributed by atoms with Crippen LogP contribution >= 0.6 is 11.3 Å². The Morgan fingerprint density at radius 1 is 1.59 bits per heavy atom. The fourth-order valence-corrected chi connectivity index (χ4v) is 3.24. The molecule has 5 heteroatoms. The van der Waals surface area contributed by atoms with Crippen molar-refractivity contribution in [1.82, 2.24) is 9.88 Å². The van der Waals surface area contributed by atoms with Crippen molar-refractivity contribution in [3.63, 3.8) is 0 Å². The number of hydrogen-bond acceptors (Lipinski definition) is 5. The van der Waals surface area contributed by atoms with Gasteiger partial charge in [-0.15, -0.1) is 11.3 Å². The number of nitrogens with zero attached hydrogens (tertiary/aromatic N) is 3. The molecule has 4 nitrogen and oxygen atoms in total. The van der Waals surface area contributed by atoms with E-state index in [2.05, 4.69) is 34.0 Å². The summed E-state index contributed by atoms with van der Waals surface area (Å²) in [5.41, 5.74) is 6.85. The molecule has 2 N–H and O–H groups in total. The van der Waals surface area contributed by atoms with E-state index in [0.29, 0.717) is 6.04 Å². The van der Waals surface area contributed by atoms with Gasteiger partial charge in [0.2, 0.25) is 0 Å².